The van der Waals surface area contributed by atoms with Crippen LogP contribution < -0.4 is 10.5 Å². The van der Waals surface area contributed by atoms with Gasteiger partial charge in [-0.15, -0.1) is 0 Å². The smallest absolute Gasteiger partial charge is 0.0796 e. The Balaban J connectivity index is 2.08. The van der Waals surface area contributed by atoms with Crippen LogP contribution >= 0.6 is 0 Å². The summed E-state index contributed by atoms with van der Waals surface area (Å²) in [7, 11) is 0.218. The van der Waals surface area contributed by atoms with Crippen molar-refractivity contribution in [2.24, 2.45) is 4.99 Å². The Morgan fingerprint density at radius 1 is 0.750 bits per heavy atom. The Kier molecular flexibility index (Phi) is 1.89. The van der Waals surface area contributed by atoms with Gasteiger partial charge in [0, 0.05) is 25.5 Å². The molecule has 92 valence electrons. The van der Waals surface area contributed by atoms with E-state index in [2.05, 4.69) is 60.7 Å². The molecular weight excluding hydrogens is 258 g/mol. The van der Waals surface area contributed by atoms with E-state index in [4.69, 9.17) is 4.99 Å². The van der Waals surface area contributed by atoms with Gasteiger partial charge in [0.25, 0.3) is 0 Å². The van der Waals surface area contributed by atoms with Gasteiger partial charge in [0.2, 0.25) is 0 Å². The molecule has 0 fully saturated rings. The first kappa shape index (κ1) is 10.5. The number of fused-ring (bicyclic) bond motifs is 6. The molecule has 2 heterocycles. The van der Waals surface area contributed by atoms with Crippen LogP contribution in [0, 0.1) is 15.3 Å². The molecule has 20 heavy (non-hydrogen) atoms. The average Bonchev–Trinajstić information content (AvgIpc) is 3.04. The summed E-state index contributed by atoms with van der Waals surface area (Å²) in [5, 5.41) is 5.44. The quantitative estimate of drug-likeness (QED) is 0.382. The molecular formula is C18H11NSi. The van der Waals surface area contributed by atoms with Crippen LogP contribution in [-0.2, 0) is 0 Å². The van der Waals surface area contributed by atoms with Gasteiger partial charge in [0.05, 0.1) is 11.0 Å². The normalized spacial score (nSPS) is 12.8. The molecule has 0 aromatic heterocycles. The van der Waals surface area contributed by atoms with Crippen molar-refractivity contribution in [3.05, 3.63) is 81.3 Å². The van der Waals surface area contributed by atoms with Crippen molar-refractivity contribution in [1.29, 1.82) is 0 Å². The standard InChI is InChI=1S/C18H11NSi/c1-3-7-14-11(5-1)12-9-10-16-17(18(12)19-14)13-6-2-4-8-15(13)20-16/h1-10,20H. The predicted molar refractivity (Wildman–Crippen MR) is 82.4 cm³/mol. The van der Waals surface area contributed by atoms with Crippen molar-refractivity contribution in [1.82, 2.24) is 0 Å². The van der Waals surface area contributed by atoms with Gasteiger partial charge in [0.15, 0.2) is 0 Å². The summed E-state index contributed by atoms with van der Waals surface area (Å²) in [6, 6.07) is 21.8. The average molecular weight is 269 g/mol. The fourth-order valence-corrected chi connectivity index (χ4v) is 4.85. The zero-order valence-electron chi connectivity index (χ0n) is 10.8. The van der Waals surface area contributed by atoms with Crippen molar-refractivity contribution in [2.45, 2.75) is 0 Å². The molecule has 0 N–H and O–H groups in total. The summed E-state index contributed by atoms with van der Waals surface area (Å²) in [4.78, 5) is 6.40. The molecule has 2 heteroatoms. The van der Waals surface area contributed by atoms with Gasteiger partial charge in [-0.1, -0.05) is 54.6 Å². The third-order valence-corrected chi connectivity index (χ3v) is 5.78. The van der Waals surface area contributed by atoms with Crippen molar-refractivity contribution in [3.8, 4) is 11.1 Å². The zero-order valence-corrected chi connectivity index (χ0v) is 12.0. The third kappa shape index (κ3) is 1.22. The van der Waals surface area contributed by atoms with E-state index in [1.165, 1.54) is 36.9 Å². The van der Waals surface area contributed by atoms with Crippen LogP contribution in [0.1, 0.15) is 0 Å². The molecule has 0 amide bonds. The maximum absolute atomic E-state index is 4.90. The van der Waals surface area contributed by atoms with E-state index >= 15 is 0 Å². The summed E-state index contributed by atoms with van der Waals surface area (Å²) in [5.41, 5.74) is 3.66. The third-order valence-electron chi connectivity index (χ3n) is 4.18. The highest BCUT2D eigenvalue weighted by Gasteiger charge is 2.16. The Labute approximate surface area is 118 Å². The molecule has 2 aliphatic heterocycles. The fourth-order valence-electron chi connectivity index (χ4n) is 3.28. The number of hydrogen-bond donors (Lipinski definition) is 0. The maximum Gasteiger partial charge on any atom is 0.0796 e. The lowest BCUT2D eigenvalue weighted by Crippen LogP contribution is -2.17. The topological polar surface area (TPSA) is 12.4 Å². The second kappa shape index (κ2) is 3.61. The molecule has 5 rings (SSSR count). The first-order valence-corrected chi connectivity index (χ1v) is 7.99. The van der Waals surface area contributed by atoms with Gasteiger partial charge < -0.3 is 0 Å². The summed E-state index contributed by atoms with van der Waals surface area (Å²) >= 11 is 0. The SMILES string of the molecule is c1ccc2c(c1)N=c1c-2ccc2c1=c1ccccc1=[SiH]2. The number of nitrogens with zero attached hydrogens (tertiary/aromatic N) is 1. The highest BCUT2D eigenvalue weighted by molar-refractivity contribution is 6.47. The minimum absolute atomic E-state index is 0.218. The molecule has 0 atom stereocenters. The van der Waals surface area contributed by atoms with Crippen LogP contribution in [0.3, 0.4) is 0 Å². The van der Waals surface area contributed by atoms with Gasteiger partial charge >= 0.3 is 0 Å². The molecule has 0 saturated heterocycles. The summed E-state index contributed by atoms with van der Waals surface area (Å²) in [6.07, 6.45) is 0. The highest BCUT2D eigenvalue weighted by Crippen LogP contribution is 2.31. The predicted octanol–water partition coefficient (Wildman–Crippen LogP) is 2.23. The second-order valence-corrected chi connectivity index (χ2v) is 6.82. The lowest BCUT2D eigenvalue weighted by molar-refractivity contribution is 1.36. The van der Waals surface area contributed by atoms with Crippen molar-refractivity contribution in [2.75, 3.05) is 0 Å². The molecule has 3 aromatic rings. The summed E-state index contributed by atoms with van der Waals surface area (Å²) < 4.78 is 0. The zero-order chi connectivity index (χ0) is 13.1. The van der Waals surface area contributed by atoms with Gasteiger partial charge in [-0.2, -0.15) is 0 Å². The van der Waals surface area contributed by atoms with Crippen molar-refractivity contribution in [3.63, 3.8) is 0 Å². The van der Waals surface area contributed by atoms with E-state index in [0.29, 0.717) is 0 Å². The van der Waals surface area contributed by atoms with Crippen molar-refractivity contribution >= 4 is 20.0 Å². The van der Waals surface area contributed by atoms with Crippen LogP contribution in [-0.4, -0.2) is 9.13 Å². The van der Waals surface area contributed by atoms with E-state index < -0.39 is 0 Å². The molecule has 0 aliphatic carbocycles. The van der Waals surface area contributed by atoms with E-state index in [-0.39, 0.29) is 9.13 Å². The summed E-state index contributed by atoms with van der Waals surface area (Å²) in [6.45, 7) is 0. The number of benzene rings is 3. The van der Waals surface area contributed by atoms with Gasteiger partial charge in [0.1, 0.15) is 0 Å². The molecule has 0 unspecified atom stereocenters. The van der Waals surface area contributed by atoms with Crippen LogP contribution in [0.25, 0.3) is 11.1 Å². The van der Waals surface area contributed by atoms with Gasteiger partial charge in [-0.05, 0) is 21.3 Å². The molecule has 1 nitrogen and oxygen atoms in total. The molecule has 0 spiro atoms. The highest BCUT2D eigenvalue weighted by atomic mass is 28.2. The molecule has 0 bridgehead atoms. The minimum atomic E-state index is 0.218. The number of hydrogen-bond acceptors (Lipinski definition) is 1. The minimum Gasteiger partial charge on any atom is -0.247 e. The molecule has 0 radical (unpaired) electrons. The molecule has 2 aliphatic rings. The maximum atomic E-state index is 4.90. The van der Waals surface area contributed by atoms with E-state index in [1.54, 1.807) is 0 Å². The Morgan fingerprint density at radius 2 is 1.60 bits per heavy atom. The van der Waals surface area contributed by atoms with E-state index in [0.717, 1.165) is 5.69 Å². The van der Waals surface area contributed by atoms with Crippen LogP contribution in [0.2, 0.25) is 0 Å². The monoisotopic (exact) mass is 269 g/mol. The molecule has 3 aromatic carbocycles. The first-order chi connectivity index (χ1) is 9.92. The van der Waals surface area contributed by atoms with Crippen molar-refractivity contribution < 1.29 is 0 Å². The molecule has 0 saturated carbocycles. The largest absolute Gasteiger partial charge is 0.247 e. The Bertz CT molecular complexity index is 1100. The Morgan fingerprint density at radius 3 is 2.60 bits per heavy atom. The number of rotatable bonds is 0. The summed E-state index contributed by atoms with van der Waals surface area (Å²) in [5.74, 6) is 0. The van der Waals surface area contributed by atoms with Crippen LogP contribution in [0.4, 0.5) is 5.69 Å². The van der Waals surface area contributed by atoms with Gasteiger partial charge in [-0.25, -0.2) is 4.99 Å². The Hall–Kier alpha value is -2.32. The van der Waals surface area contributed by atoms with Gasteiger partial charge in [-0.3, -0.25) is 0 Å². The van der Waals surface area contributed by atoms with E-state index in [1.807, 2.05) is 0 Å². The number of para-hydroxylation sites is 1. The lowest BCUT2D eigenvalue weighted by Gasteiger charge is -1.99. The second-order valence-electron chi connectivity index (χ2n) is 5.29. The van der Waals surface area contributed by atoms with Crippen LogP contribution in [0.5, 0.6) is 0 Å². The first-order valence-electron chi connectivity index (χ1n) is 6.84. The van der Waals surface area contributed by atoms with E-state index in [9.17, 15) is 0 Å². The van der Waals surface area contributed by atoms with Crippen LogP contribution in [0.15, 0.2) is 65.7 Å². The fraction of sp³-hybridized carbons (Fsp3) is 0. The lowest BCUT2D eigenvalue weighted by atomic mass is 10.0.